The van der Waals surface area contributed by atoms with Gasteiger partial charge < -0.3 is 18.9 Å². The summed E-state index contributed by atoms with van der Waals surface area (Å²) in [5.41, 5.74) is -1.93. The summed E-state index contributed by atoms with van der Waals surface area (Å²) < 4.78 is 20.5. The first-order valence-electron chi connectivity index (χ1n) is 9.40. The smallest absolute Gasteiger partial charge is 0.343 e. The molecule has 8 nitrogen and oxygen atoms in total. The van der Waals surface area contributed by atoms with Crippen LogP contribution in [0.3, 0.4) is 0 Å². The van der Waals surface area contributed by atoms with E-state index in [1.165, 1.54) is 12.1 Å². The molecule has 0 amide bonds. The Bertz CT molecular complexity index is 922. The number of esters is 4. The molecule has 0 spiro atoms. The highest BCUT2D eigenvalue weighted by atomic mass is 16.6. The van der Waals surface area contributed by atoms with Crippen molar-refractivity contribution in [2.24, 2.45) is 5.41 Å². The van der Waals surface area contributed by atoms with Crippen LogP contribution in [-0.4, -0.2) is 44.2 Å². The van der Waals surface area contributed by atoms with Gasteiger partial charge in [0.15, 0.2) is 0 Å². The maximum Gasteiger partial charge on any atom is 0.343 e. The van der Waals surface area contributed by atoms with E-state index in [2.05, 4.69) is 0 Å². The van der Waals surface area contributed by atoms with Crippen LogP contribution in [0.1, 0.15) is 38.1 Å². The Morgan fingerprint density at radius 3 is 1.90 bits per heavy atom. The van der Waals surface area contributed by atoms with Crippen molar-refractivity contribution in [2.75, 3.05) is 20.3 Å². The Balaban J connectivity index is 2.69. The number of allylic oxidation sites excluding steroid dienone is 1. The topological polar surface area (TPSA) is 105 Å². The fourth-order valence-electron chi connectivity index (χ4n) is 3.15. The highest BCUT2D eigenvalue weighted by Gasteiger charge is 2.51. The first-order chi connectivity index (χ1) is 14.2. The van der Waals surface area contributed by atoms with E-state index in [1.54, 1.807) is 45.9 Å². The van der Waals surface area contributed by atoms with Crippen molar-refractivity contribution in [3.63, 3.8) is 0 Å². The van der Waals surface area contributed by atoms with Crippen molar-refractivity contribution in [3.05, 3.63) is 58.4 Å². The Kier molecular flexibility index (Phi) is 7.15. The average Bonchev–Trinajstić information content (AvgIpc) is 2.95. The molecule has 8 heteroatoms. The number of ether oxygens (including phenoxy) is 4. The number of hydrogen-bond donors (Lipinski definition) is 0. The monoisotopic (exact) mass is 416 g/mol. The zero-order chi connectivity index (χ0) is 22.5. The van der Waals surface area contributed by atoms with Crippen molar-refractivity contribution < 1.29 is 38.1 Å². The minimum atomic E-state index is -1.34. The first-order valence-corrected chi connectivity index (χ1v) is 9.40. The summed E-state index contributed by atoms with van der Waals surface area (Å²) in [4.78, 5) is 50.7. The summed E-state index contributed by atoms with van der Waals surface area (Å²) in [7, 11) is 1.12. The van der Waals surface area contributed by atoms with E-state index in [9.17, 15) is 19.2 Å². The van der Waals surface area contributed by atoms with Crippen LogP contribution in [0, 0.1) is 5.41 Å². The summed E-state index contributed by atoms with van der Waals surface area (Å²) in [5, 5.41) is 0. The molecule has 0 saturated heterocycles. The summed E-state index contributed by atoms with van der Waals surface area (Å²) in [5.74, 6) is -3.62. The number of methoxy groups -OCH3 is 1. The molecule has 0 fully saturated rings. The molecule has 0 aromatic heterocycles. The van der Waals surface area contributed by atoms with Crippen LogP contribution in [0.15, 0.2) is 52.8 Å². The van der Waals surface area contributed by atoms with Crippen LogP contribution >= 0.6 is 0 Å². The standard InChI is InChI=1S/C22H24O8/c1-6-28-20(25)14-15(19(24)27-5)17(22(3,4)16(14)21(26)29-7-2)30-18(23)13-11-9-8-10-12-13/h8-12H,6-7H2,1-5H3. The highest BCUT2D eigenvalue weighted by molar-refractivity contribution is 6.15. The lowest BCUT2D eigenvalue weighted by atomic mass is 9.84. The zero-order valence-corrected chi connectivity index (χ0v) is 17.6. The van der Waals surface area contributed by atoms with Crippen molar-refractivity contribution in [1.82, 2.24) is 0 Å². The second-order valence-corrected chi connectivity index (χ2v) is 6.77. The van der Waals surface area contributed by atoms with Crippen molar-refractivity contribution in [3.8, 4) is 0 Å². The molecule has 1 aromatic rings. The molecule has 0 aliphatic heterocycles. The van der Waals surface area contributed by atoms with Crippen LogP contribution in [0.4, 0.5) is 0 Å². The molecule has 1 aliphatic carbocycles. The molecular weight excluding hydrogens is 392 g/mol. The van der Waals surface area contributed by atoms with E-state index in [1.807, 2.05) is 0 Å². The van der Waals surface area contributed by atoms with Crippen molar-refractivity contribution in [2.45, 2.75) is 27.7 Å². The predicted octanol–water partition coefficient (Wildman–Crippen LogP) is 2.73. The molecule has 0 unspecified atom stereocenters. The van der Waals surface area contributed by atoms with Crippen LogP contribution in [0.5, 0.6) is 0 Å². The van der Waals surface area contributed by atoms with Gasteiger partial charge in [-0.15, -0.1) is 0 Å². The number of carbonyl (C=O) groups excluding carboxylic acids is 4. The van der Waals surface area contributed by atoms with E-state index in [-0.39, 0.29) is 41.3 Å². The van der Waals surface area contributed by atoms with Gasteiger partial charge in [0.1, 0.15) is 11.3 Å². The van der Waals surface area contributed by atoms with E-state index in [0.717, 1.165) is 7.11 Å². The maximum absolute atomic E-state index is 12.7. The lowest BCUT2D eigenvalue weighted by Crippen LogP contribution is -2.26. The van der Waals surface area contributed by atoms with Gasteiger partial charge in [0.25, 0.3) is 0 Å². The lowest BCUT2D eigenvalue weighted by Gasteiger charge is -2.25. The predicted molar refractivity (Wildman–Crippen MR) is 105 cm³/mol. The molecule has 160 valence electrons. The molecular formula is C22H24O8. The van der Waals surface area contributed by atoms with Gasteiger partial charge in [-0.1, -0.05) is 18.2 Å². The fourth-order valence-corrected chi connectivity index (χ4v) is 3.15. The van der Waals surface area contributed by atoms with Crippen molar-refractivity contribution in [1.29, 1.82) is 0 Å². The SMILES string of the molecule is CCOC(=O)C1=C(C(=O)OCC)C(C)(C)C(OC(=O)c2ccccc2)=C1C(=O)OC. The van der Waals surface area contributed by atoms with Gasteiger partial charge in [-0.05, 0) is 39.8 Å². The highest BCUT2D eigenvalue weighted by Crippen LogP contribution is 2.49. The molecule has 0 atom stereocenters. The molecule has 1 aliphatic rings. The van der Waals surface area contributed by atoms with Gasteiger partial charge in [0.2, 0.25) is 0 Å². The first kappa shape index (κ1) is 22.9. The summed E-state index contributed by atoms with van der Waals surface area (Å²) in [6.45, 7) is 6.33. The third-order valence-electron chi connectivity index (χ3n) is 4.47. The molecule has 0 N–H and O–H groups in total. The van der Waals surface area contributed by atoms with Gasteiger partial charge in [-0.2, -0.15) is 0 Å². The van der Waals surface area contributed by atoms with Crippen LogP contribution in [0.25, 0.3) is 0 Å². The minimum absolute atomic E-state index is 0.00641. The van der Waals surface area contributed by atoms with Crippen LogP contribution in [-0.2, 0) is 33.3 Å². The van der Waals surface area contributed by atoms with Crippen molar-refractivity contribution >= 4 is 23.9 Å². The minimum Gasteiger partial charge on any atom is -0.465 e. The van der Waals surface area contributed by atoms with E-state index in [4.69, 9.17) is 18.9 Å². The van der Waals surface area contributed by atoms with Gasteiger partial charge in [0, 0.05) is 0 Å². The van der Waals surface area contributed by atoms with Gasteiger partial charge in [0.05, 0.1) is 42.4 Å². The number of benzene rings is 1. The van der Waals surface area contributed by atoms with E-state index >= 15 is 0 Å². The fraction of sp³-hybridized carbons (Fsp3) is 0.364. The Labute approximate surface area is 174 Å². The molecule has 0 radical (unpaired) electrons. The zero-order valence-electron chi connectivity index (χ0n) is 17.6. The molecule has 0 heterocycles. The third kappa shape index (κ3) is 4.27. The molecule has 0 bridgehead atoms. The van der Waals surface area contributed by atoms with E-state index in [0.29, 0.717) is 0 Å². The largest absolute Gasteiger partial charge is 0.465 e. The number of rotatable bonds is 7. The molecule has 30 heavy (non-hydrogen) atoms. The quantitative estimate of drug-likeness (QED) is 0.494. The summed E-state index contributed by atoms with van der Waals surface area (Å²) >= 11 is 0. The normalized spacial score (nSPS) is 15.0. The lowest BCUT2D eigenvalue weighted by molar-refractivity contribution is -0.142. The number of carbonyl (C=O) groups is 4. The van der Waals surface area contributed by atoms with Crippen LogP contribution in [0.2, 0.25) is 0 Å². The summed E-state index contributed by atoms with van der Waals surface area (Å²) in [6, 6.07) is 8.11. The average molecular weight is 416 g/mol. The van der Waals surface area contributed by atoms with Gasteiger partial charge in [-0.3, -0.25) is 0 Å². The number of hydrogen-bond acceptors (Lipinski definition) is 8. The molecule has 1 aromatic carbocycles. The maximum atomic E-state index is 12.7. The van der Waals surface area contributed by atoms with Gasteiger partial charge >= 0.3 is 23.9 Å². The third-order valence-corrected chi connectivity index (χ3v) is 4.47. The second-order valence-electron chi connectivity index (χ2n) is 6.77. The molecule has 0 saturated carbocycles. The Hall–Kier alpha value is -3.42. The second kappa shape index (κ2) is 9.39. The van der Waals surface area contributed by atoms with Gasteiger partial charge in [-0.25, -0.2) is 19.2 Å². The Morgan fingerprint density at radius 1 is 0.800 bits per heavy atom. The van der Waals surface area contributed by atoms with Crippen LogP contribution < -0.4 is 0 Å². The molecule has 2 rings (SSSR count). The van der Waals surface area contributed by atoms with E-state index < -0.39 is 29.3 Å². The Morgan fingerprint density at radius 2 is 1.37 bits per heavy atom. The summed E-state index contributed by atoms with van der Waals surface area (Å²) in [6.07, 6.45) is 0.